The number of hydrogen-bond acceptors (Lipinski definition) is 4. The van der Waals surface area contributed by atoms with E-state index in [1.165, 1.54) is 18.6 Å². The van der Waals surface area contributed by atoms with Crippen LogP contribution >= 0.6 is 11.8 Å². The van der Waals surface area contributed by atoms with Gasteiger partial charge in [-0.05, 0) is 37.8 Å². The summed E-state index contributed by atoms with van der Waals surface area (Å²) in [5, 5.41) is 0. The summed E-state index contributed by atoms with van der Waals surface area (Å²) in [6, 6.07) is 6.08. The number of nitrogens with zero attached hydrogens (tertiary/aromatic N) is 2. The fourth-order valence-corrected chi connectivity index (χ4v) is 3.71. The van der Waals surface area contributed by atoms with Gasteiger partial charge in [0.05, 0.1) is 5.69 Å². The van der Waals surface area contributed by atoms with E-state index in [0.717, 1.165) is 24.5 Å². The minimum atomic E-state index is 0.167. The monoisotopic (exact) mass is 251 g/mol. The molecule has 0 aromatic carbocycles. The highest BCUT2D eigenvalue weighted by atomic mass is 32.2. The Balaban J connectivity index is 2.04. The number of rotatable bonds is 4. The van der Waals surface area contributed by atoms with E-state index in [0.29, 0.717) is 0 Å². The van der Waals surface area contributed by atoms with Crippen LogP contribution < -0.4 is 5.73 Å². The van der Waals surface area contributed by atoms with Crippen LogP contribution in [-0.2, 0) is 6.54 Å². The van der Waals surface area contributed by atoms with Gasteiger partial charge in [0, 0.05) is 30.6 Å². The Morgan fingerprint density at radius 3 is 3.00 bits per heavy atom. The van der Waals surface area contributed by atoms with Crippen molar-refractivity contribution < 1.29 is 0 Å². The van der Waals surface area contributed by atoms with Crippen molar-refractivity contribution in [1.82, 2.24) is 9.88 Å². The van der Waals surface area contributed by atoms with E-state index in [1.807, 2.05) is 30.1 Å². The first-order valence-corrected chi connectivity index (χ1v) is 7.31. The fourth-order valence-electron chi connectivity index (χ4n) is 2.36. The molecule has 94 valence electrons. The Hall–Kier alpha value is -0.580. The minimum Gasteiger partial charge on any atom is -0.329 e. The average molecular weight is 251 g/mol. The molecule has 1 saturated heterocycles. The molecule has 0 spiro atoms. The lowest BCUT2D eigenvalue weighted by atomic mass is 9.93. The molecule has 0 aliphatic carbocycles. The lowest BCUT2D eigenvalue weighted by Crippen LogP contribution is -2.55. The van der Waals surface area contributed by atoms with E-state index >= 15 is 0 Å². The second-order valence-corrected chi connectivity index (χ2v) is 5.87. The Bertz CT molecular complexity index is 336. The van der Waals surface area contributed by atoms with Crippen molar-refractivity contribution in [1.29, 1.82) is 0 Å². The van der Waals surface area contributed by atoms with Gasteiger partial charge in [-0.3, -0.25) is 9.88 Å². The quantitative estimate of drug-likeness (QED) is 0.885. The maximum Gasteiger partial charge on any atom is 0.0544 e. The normalized spacial score (nSPS) is 25.1. The van der Waals surface area contributed by atoms with Crippen LogP contribution in [0.3, 0.4) is 0 Å². The summed E-state index contributed by atoms with van der Waals surface area (Å²) in [6.45, 7) is 1.63. The number of hydrogen-bond donors (Lipinski definition) is 1. The Kier molecular flexibility index (Phi) is 4.42. The molecule has 1 aromatic heterocycles. The summed E-state index contributed by atoms with van der Waals surface area (Å²) < 4.78 is 0. The Labute approximate surface area is 108 Å². The van der Waals surface area contributed by atoms with Crippen LogP contribution in [0.4, 0.5) is 0 Å². The van der Waals surface area contributed by atoms with E-state index in [-0.39, 0.29) is 5.54 Å². The first-order chi connectivity index (χ1) is 8.27. The van der Waals surface area contributed by atoms with Crippen molar-refractivity contribution in [3.8, 4) is 0 Å². The molecule has 0 radical (unpaired) electrons. The number of pyridine rings is 1. The first kappa shape index (κ1) is 12.9. The summed E-state index contributed by atoms with van der Waals surface area (Å²) in [7, 11) is 2.17. The molecular weight excluding hydrogens is 230 g/mol. The number of thioether (sulfide) groups is 1. The number of aromatic nitrogens is 1. The first-order valence-electron chi connectivity index (χ1n) is 6.16. The third kappa shape index (κ3) is 3.00. The molecule has 0 saturated carbocycles. The predicted octanol–water partition coefficient (Wildman–Crippen LogP) is 1.74. The van der Waals surface area contributed by atoms with Crippen molar-refractivity contribution in [2.75, 3.05) is 25.1 Å². The molecule has 1 aromatic rings. The summed E-state index contributed by atoms with van der Waals surface area (Å²) in [4.78, 5) is 6.78. The van der Waals surface area contributed by atoms with E-state index in [9.17, 15) is 0 Å². The second-order valence-electron chi connectivity index (χ2n) is 4.76. The molecule has 3 nitrogen and oxygen atoms in total. The third-order valence-electron chi connectivity index (χ3n) is 3.62. The molecule has 2 heterocycles. The van der Waals surface area contributed by atoms with E-state index < -0.39 is 0 Å². The molecule has 0 bridgehead atoms. The molecule has 1 unspecified atom stereocenters. The SMILES string of the molecule is CN(Cc1ccccn1)C1(CN)CCCSC1. The molecule has 4 heteroatoms. The predicted molar refractivity (Wildman–Crippen MR) is 74.0 cm³/mol. The van der Waals surface area contributed by atoms with E-state index in [1.54, 1.807) is 0 Å². The average Bonchev–Trinajstić information content (AvgIpc) is 2.40. The highest BCUT2D eigenvalue weighted by molar-refractivity contribution is 7.99. The van der Waals surface area contributed by atoms with E-state index in [2.05, 4.69) is 23.0 Å². The van der Waals surface area contributed by atoms with Crippen molar-refractivity contribution in [3.63, 3.8) is 0 Å². The van der Waals surface area contributed by atoms with Crippen LogP contribution in [0.25, 0.3) is 0 Å². The molecule has 1 aliphatic heterocycles. The summed E-state index contributed by atoms with van der Waals surface area (Å²) in [5.41, 5.74) is 7.31. The zero-order chi connectivity index (χ0) is 12.1. The van der Waals surface area contributed by atoms with Gasteiger partial charge in [0.25, 0.3) is 0 Å². The summed E-state index contributed by atoms with van der Waals surface area (Å²) in [6.07, 6.45) is 4.34. The molecule has 1 aliphatic rings. The Morgan fingerprint density at radius 1 is 1.53 bits per heavy atom. The molecule has 2 rings (SSSR count). The summed E-state index contributed by atoms with van der Waals surface area (Å²) in [5.74, 6) is 2.42. The Morgan fingerprint density at radius 2 is 2.41 bits per heavy atom. The summed E-state index contributed by atoms with van der Waals surface area (Å²) >= 11 is 2.02. The minimum absolute atomic E-state index is 0.167. The molecule has 17 heavy (non-hydrogen) atoms. The van der Waals surface area contributed by atoms with Gasteiger partial charge in [-0.25, -0.2) is 0 Å². The number of likely N-dealkylation sites (N-methyl/N-ethyl adjacent to an activating group) is 1. The van der Waals surface area contributed by atoms with Crippen molar-refractivity contribution >= 4 is 11.8 Å². The highest BCUT2D eigenvalue weighted by Gasteiger charge is 2.35. The van der Waals surface area contributed by atoms with Crippen LogP contribution in [-0.4, -0.2) is 40.5 Å². The van der Waals surface area contributed by atoms with Crippen LogP contribution in [0.5, 0.6) is 0 Å². The maximum atomic E-state index is 6.02. The zero-order valence-electron chi connectivity index (χ0n) is 10.4. The smallest absolute Gasteiger partial charge is 0.0544 e. The molecule has 1 fully saturated rings. The van der Waals surface area contributed by atoms with Crippen LogP contribution in [0.15, 0.2) is 24.4 Å². The van der Waals surface area contributed by atoms with Gasteiger partial charge >= 0.3 is 0 Å². The zero-order valence-corrected chi connectivity index (χ0v) is 11.2. The molecule has 0 amide bonds. The van der Waals surface area contributed by atoms with Gasteiger partial charge in [-0.2, -0.15) is 11.8 Å². The van der Waals surface area contributed by atoms with Crippen LogP contribution in [0.2, 0.25) is 0 Å². The van der Waals surface area contributed by atoms with Gasteiger partial charge < -0.3 is 5.73 Å². The van der Waals surface area contributed by atoms with Gasteiger partial charge in [0.15, 0.2) is 0 Å². The topological polar surface area (TPSA) is 42.2 Å². The molecule has 1 atom stereocenters. The molecular formula is C13H21N3S. The van der Waals surface area contributed by atoms with Gasteiger partial charge in [0.2, 0.25) is 0 Å². The maximum absolute atomic E-state index is 6.02. The largest absolute Gasteiger partial charge is 0.329 e. The van der Waals surface area contributed by atoms with Gasteiger partial charge in [-0.1, -0.05) is 6.07 Å². The van der Waals surface area contributed by atoms with Crippen LogP contribution in [0.1, 0.15) is 18.5 Å². The fraction of sp³-hybridized carbons (Fsp3) is 0.615. The van der Waals surface area contributed by atoms with E-state index in [4.69, 9.17) is 5.73 Å². The van der Waals surface area contributed by atoms with Gasteiger partial charge in [-0.15, -0.1) is 0 Å². The third-order valence-corrected chi connectivity index (χ3v) is 4.94. The lowest BCUT2D eigenvalue weighted by Gasteiger charge is -2.43. The van der Waals surface area contributed by atoms with Crippen molar-refractivity contribution in [2.45, 2.75) is 24.9 Å². The molecule has 2 N–H and O–H groups in total. The van der Waals surface area contributed by atoms with Crippen molar-refractivity contribution in [2.24, 2.45) is 5.73 Å². The lowest BCUT2D eigenvalue weighted by molar-refractivity contribution is 0.125. The number of nitrogens with two attached hydrogens (primary N) is 1. The highest BCUT2D eigenvalue weighted by Crippen LogP contribution is 2.31. The standard InChI is InChI=1S/C13H21N3S/c1-16(9-12-5-2-3-7-15-12)13(10-14)6-4-8-17-11-13/h2-3,5,7H,4,6,8-11,14H2,1H3. The van der Waals surface area contributed by atoms with Crippen LogP contribution in [0, 0.1) is 0 Å². The van der Waals surface area contributed by atoms with Gasteiger partial charge in [0.1, 0.15) is 0 Å². The second kappa shape index (κ2) is 5.85. The van der Waals surface area contributed by atoms with Crippen molar-refractivity contribution in [3.05, 3.63) is 30.1 Å².